The van der Waals surface area contributed by atoms with Gasteiger partial charge in [-0.25, -0.2) is 4.79 Å². The van der Waals surface area contributed by atoms with Crippen molar-refractivity contribution in [2.45, 2.75) is 30.9 Å². The number of carbonyl (C=O) groups excluding carboxylic acids is 1. The molecule has 1 aromatic carbocycles. The lowest BCUT2D eigenvalue weighted by molar-refractivity contribution is 0.0527. The largest absolute Gasteiger partial charge is 0.462 e. The van der Waals surface area contributed by atoms with Crippen LogP contribution in [0.4, 0.5) is 11.4 Å². The Labute approximate surface area is 124 Å². The number of hydrogen-bond acceptors (Lipinski definition) is 5. The third-order valence-electron chi connectivity index (χ3n) is 3.90. The SMILES string of the molecule is CCOC(=O)c1cccc(NCC2(SC)CCC2)c1N. The smallest absolute Gasteiger partial charge is 0.340 e. The van der Waals surface area contributed by atoms with Crippen molar-refractivity contribution >= 4 is 29.1 Å². The highest BCUT2D eigenvalue weighted by Gasteiger charge is 2.35. The summed E-state index contributed by atoms with van der Waals surface area (Å²) in [5, 5.41) is 3.39. The summed E-state index contributed by atoms with van der Waals surface area (Å²) in [4.78, 5) is 11.8. The number of nitrogens with two attached hydrogens (primary N) is 1. The topological polar surface area (TPSA) is 64.3 Å². The molecular formula is C15H22N2O2S. The average Bonchev–Trinajstić information content (AvgIpc) is 2.40. The van der Waals surface area contributed by atoms with Gasteiger partial charge in [-0.2, -0.15) is 11.8 Å². The molecule has 2 rings (SSSR count). The maximum atomic E-state index is 11.8. The molecule has 0 saturated heterocycles. The minimum absolute atomic E-state index is 0.326. The van der Waals surface area contributed by atoms with Gasteiger partial charge in [0.2, 0.25) is 0 Å². The first-order chi connectivity index (χ1) is 9.62. The van der Waals surface area contributed by atoms with E-state index in [1.54, 1.807) is 13.0 Å². The molecule has 5 heteroatoms. The number of hydrogen-bond donors (Lipinski definition) is 2. The Hall–Kier alpha value is -1.36. The van der Waals surface area contributed by atoms with Crippen LogP contribution >= 0.6 is 11.8 Å². The van der Waals surface area contributed by atoms with E-state index < -0.39 is 0 Å². The number of anilines is 2. The first-order valence-corrected chi connectivity index (χ1v) is 8.19. The minimum atomic E-state index is -0.364. The minimum Gasteiger partial charge on any atom is -0.462 e. The van der Waals surface area contributed by atoms with E-state index in [0.717, 1.165) is 12.2 Å². The molecule has 0 aromatic heterocycles. The fourth-order valence-electron chi connectivity index (χ4n) is 2.39. The Morgan fingerprint density at radius 2 is 2.25 bits per heavy atom. The summed E-state index contributed by atoms with van der Waals surface area (Å²) in [6.45, 7) is 3.02. The van der Waals surface area contributed by atoms with Crippen molar-refractivity contribution in [2.24, 2.45) is 0 Å². The molecule has 0 radical (unpaired) electrons. The summed E-state index contributed by atoms with van der Waals surface area (Å²) in [5.41, 5.74) is 7.80. The van der Waals surface area contributed by atoms with Crippen LogP contribution in [0.1, 0.15) is 36.5 Å². The summed E-state index contributed by atoms with van der Waals surface area (Å²) in [6, 6.07) is 5.44. The molecule has 1 saturated carbocycles. The Morgan fingerprint density at radius 1 is 1.50 bits per heavy atom. The third kappa shape index (κ3) is 3.03. The predicted molar refractivity (Wildman–Crippen MR) is 85.4 cm³/mol. The molecule has 110 valence electrons. The van der Waals surface area contributed by atoms with Crippen LogP contribution in [0.15, 0.2) is 18.2 Å². The monoisotopic (exact) mass is 294 g/mol. The second-order valence-corrected chi connectivity index (χ2v) is 6.36. The van der Waals surface area contributed by atoms with Crippen molar-refractivity contribution in [3.63, 3.8) is 0 Å². The zero-order chi connectivity index (χ0) is 14.6. The molecular weight excluding hydrogens is 272 g/mol. The summed E-state index contributed by atoms with van der Waals surface area (Å²) in [6.07, 6.45) is 5.91. The van der Waals surface area contributed by atoms with E-state index in [1.807, 2.05) is 23.9 Å². The molecule has 3 N–H and O–H groups in total. The molecule has 1 fully saturated rings. The van der Waals surface area contributed by atoms with Gasteiger partial charge in [0.1, 0.15) is 0 Å². The van der Waals surface area contributed by atoms with Gasteiger partial charge in [-0.05, 0) is 38.2 Å². The molecule has 0 spiro atoms. The number of nitrogen functional groups attached to an aromatic ring is 1. The van der Waals surface area contributed by atoms with E-state index in [0.29, 0.717) is 22.6 Å². The maximum Gasteiger partial charge on any atom is 0.340 e. The summed E-state index contributed by atoms with van der Waals surface area (Å²) in [7, 11) is 0. The third-order valence-corrected chi connectivity index (χ3v) is 5.32. The van der Waals surface area contributed by atoms with Crippen LogP contribution in [0, 0.1) is 0 Å². The Balaban J connectivity index is 2.08. The van der Waals surface area contributed by atoms with Crippen LogP contribution in [-0.4, -0.2) is 30.1 Å². The summed E-state index contributed by atoms with van der Waals surface area (Å²) >= 11 is 1.91. The first kappa shape index (κ1) is 15.0. The maximum absolute atomic E-state index is 11.8. The molecule has 0 atom stereocenters. The lowest BCUT2D eigenvalue weighted by atomic mass is 9.84. The molecule has 1 aliphatic carbocycles. The second-order valence-electron chi connectivity index (χ2n) is 5.08. The highest BCUT2D eigenvalue weighted by Crippen LogP contribution is 2.43. The molecule has 0 amide bonds. The number of rotatable bonds is 6. The number of ether oxygens (including phenoxy) is 1. The molecule has 0 unspecified atom stereocenters. The van der Waals surface area contributed by atoms with Crippen molar-refractivity contribution in [3.8, 4) is 0 Å². The Morgan fingerprint density at radius 3 is 2.80 bits per heavy atom. The van der Waals surface area contributed by atoms with Gasteiger partial charge in [0, 0.05) is 11.3 Å². The van der Waals surface area contributed by atoms with E-state index in [-0.39, 0.29) is 5.97 Å². The molecule has 0 heterocycles. The first-order valence-electron chi connectivity index (χ1n) is 6.96. The van der Waals surface area contributed by atoms with Crippen molar-refractivity contribution in [1.82, 2.24) is 0 Å². The van der Waals surface area contributed by atoms with Gasteiger partial charge in [0.15, 0.2) is 0 Å². The predicted octanol–water partition coefficient (Wildman–Crippen LogP) is 3.14. The van der Waals surface area contributed by atoms with Crippen molar-refractivity contribution in [2.75, 3.05) is 30.5 Å². The molecule has 0 aliphatic heterocycles. The Bertz CT molecular complexity index is 481. The summed E-state index contributed by atoms with van der Waals surface area (Å²) in [5.74, 6) is -0.364. The van der Waals surface area contributed by atoms with E-state index in [1.165, 1.54) is 19.3 Å². The highest BCUT2D eigenvalue weighted by atomic mass is 32.2. The number of para-hydroxylation sites is 1. The van der Waals surface area contributed by atoms with Gasteiger partial charge in [0.25, 0.3) is 0 Å². The van der Waals surface area contributed by atoms with Crippen LogP contribution < -0.4 is 11.1 Å². The van der Waals surface area contributed by atoms with Gasteiger partial charge in [-0.1, -0.05) is 12.5 Å². The second kappa shape index (κ2) is 6.39. The van der Waals surface area contributed by atoms with Gasteiger partial charge in [-0.3, -0.25) is 0 Å². The fraction of sp³-hybridized carbons (Fsp3) is 0.533. The lowest BCUT2D eigenvalue weighted by Gasteiger charge is -2.40. The Kier molecular flexibility index (Phi) is 4.81. The van der Waals surface area contributed by atoms with E-state index in [4.69, 9.17) is 10.5 Å². The van der Waals surface area contributed by atoms with Gasteiger partial charge >= 0.3 is 5.97 Å². The van der Waals surface area contributed by atoms with E-state index in [9.17, 15) is 4.79 Å². The molecule has 4 nitrogen and oxygen atoms in total. The van der Waals surface area contributed by atoms with Gasteiger partial charge in [0.05, 0.1) is 23.5 Å². The normalized spacial score (nSPS) is 16.3. The van der Waals surface area contributed by atoms with E-state index in [2.05, 4.69) is 11.6 Å². The van der Waals surface area contributed by atoms with Crippen LogP contribution in [0.25, 0.3) is 0 Å². The number of nitrogens with one attached hydrogen (secondary N) is 1. The van der Waals surface area contributed by atoms with Crippen LogP contribution in [0.2, 0.25) is 0 Å². The molecule has 0 bridgehead atoms. The van der Waals surface area contributed by atoms with Gasteiger partial charge in [-0.15, -0.1) is 0 Å². The molecule has 1 aromatic rings. The molecule has 1 aliphatic rings. The van der Waals surface area contributed by atoms with Crippen LogP contribution in [0.3, 0.4) is 0 Å². The number of carbonyl (C=O) groups is 1. The van der Waals surface area contributed by atoms with Gasteiger partial charge < -0.3 is 15.8 Å². The number of esters is 1. The van der Waals surface area contributed by atoms with Crippen molar-refractivity contribution in [3.05, 3.63) is 23.8 Å². The quantitative estimate of drug-likeness (QED) is 0.623. The summed E-state index contributed by atoms with van der Waals surface area (Å²) < 4.78 is 5.34. The van der Waals surface area contributed by atoms with Crippen molar-refractivity contribution in [1.29, 1.82) is 0 Å². The zero-order valence-electron chi connectivity index (χ0n) is 12.1. The van der Waals surface area contributed by atoms with Crippen molar-refractivity contribution < 1.29 is 9.53 Å². The van der Waals surface area contributed by atoms with Crippen LogP contribution in [-0.2, 0) is 4.74 Å². The molecule has 20 heavy (non-hydrogen) atoms. The highest BCUT2D eigenvalue weighted by molar-refractivity contribution is 8.00. The fourth-order valence-corrected chi connectivity index (χ4v) is 3.30. The standard InChI is InChI=1S/C15H22N2O2S/c1-3-19-14(18)11-6-4-7-12(13(11)16)17-10-15(20-2)8-5-9-15/h4,6-7,17H,3,5,8-10,16H2,1-2H3. The van der Waals surface area contributed by atoms with E-state index >= 15 is 0 Å². The number of benzene rings is 1. The van der Waals surface area contributed by atoms with Crippen LogP contribution in [0.5, 0.6) is 0 Å². The lowest BCUT2D eigenvalue weighted by Crippen LogP contribution is -2.40. The zero-order valence-corrected chi connectivity index (χ0v) is 12.9. The number of thioether (sulfide) groups is 1. The average molecular weight is 294 g/mol.